The lowest BCUT2D eigenvalue weighted by Crippen LogP contribution is -2.30. The second-order valence-electron chi connectivity index (χ2n) is 25.5. The number of pyridine rings is 6. The SMILES string of the molecule is C.Cc1[nH]nc(C(=O)Nc2cnc3[nH]c(-c4ccccc4)cc3c2)c1C.Cc1[nH]nc(C(=O)O)c1C.Nc1cnc2[nH]c(-c3ccccc3)cc2c1.Nc1ncc([N+](=O)[O-])cc1Br.Nc1ncc([N+](=O)[O-])cc1C#Cc1ccccc1.O=C(Nc1ncc([N+](=O)[O-])cc1C#Cc1ccccc1)C(F)(F)F.O=[N+]([O-])c1cnc2[nH]c(-c3ccccc3)cc2c1. The molecule has 5 aromatic carbocycles. The van der Waals surface area contributed by atoms with Crippen LogP contribution in [0.15, 0.2) is 248 Å². The van der Waals surface area contributed by atoms with Crippen LogP contribution in [0.25, 0.3) is 66.9 Å². The molecule has 34 nitrogen and oxygen atoms in total. The van der Waals surface area contributed by atoms with E-state index in [0.29, 0.717) is 43.9 Å². The fourth-order valence-electron chi connectivity index (χ4n) is 10.6. The first kappa shape index (κ1) is 89.8. The highest BCUT2D eigenvalue weighted by Crippen LogP contribution is 2.30. The number of carbonyl (C=O) groups excluding carboxylic acids is 2. The van der Waals surface area contributed by atoms with E-state index in [9.17, 15) is 68.0 Å². The Morgan fingerprint density at radius 2 is 0.821 bits per heavy atom. The van der Waals surface area contributed by atoms with Crippen molar-refractivity contribution >= 4 is 118 Å². The normalized spacial score (nSPS) is 10.2. The summed E-state index contributed by atoms with van der Waals surface area (Å²) in [6.07, 6.45) is 2.40. The van der Waals surface area contributed by atoms with Crippen molar-refractivity contribution in [3.05, 3.63) is 345 Å². The number of fused-ring (bicyclic) bond motifs is 3. The van der Waals surface area contributed by atoms with Crippen molar-refractivity contribution < 1.29 is 52.4 Å². The molecule has 0 bridgehead atoms. The zero-order valence-electron chi connectivity index (χ0n) is 64.1. The lowest BCUT2D eigenvalue weighted by molar-refractivity contribution is -0.385. The third-order valence-corrected chi connectivity index (χ3v) is 17.7. The molecule has 0 fully saturated rings. The number of nitrogens with one attached hydrogen (secondary N) is 7. The molecule has 0 atom stereocenters. The van der Waals surface area contributed by atoms with E-state index in [-0.39, 0.29) is 53.3 Å². The van der Waals surface area contributed by atoms with Crippen molar-refractivity contribution in [2.75, 3.05) is 27.8 Å². The smallest absolute Gasteiger partial charge is 0.471 e. The van der Waals surface area contributed by atoms with Gasteiger partial charge in [0.1, 0.15) is 59.2 Å². The van der Waals surface area contributed by atoms with Crippen molar-refractivity contribution in [2.24, 2.45) is 0 Å². The van der Waals surface area contributed by atoms with Gasteiger partial charge in [0, 0.05) is 91.1 Å². The zero-order valence-corrected chi connectivity index (χ0v) is 65.7. The van der Waals surface area contributed by atoms with E-state index in [1.54, 1.807) is 61.9 Å². The van der Waals surface area contributed by atoms with Crippen LogP contribution in [0.4, 0.5) is 64.7 Å². The van der Waals surface area contributed by atoms with Crippen LogP contribution in [0, 0.1) is 91.8 Å². The monoisotopic (exact) mass is 1730 g/mol. The number of carboxylic acid groups (broad SMARTS) is 1. The second-order valence-corrected chi connectivity index (χ2v) is 26.4. The summed E-state index contributed by atoms with van der Waals surface area (Å²) in [7, 11) is 0. The molecular weight excluding hydrogens is 1660 g/mol. The predicted molar refractivity (Wildman–Crippen MR) is 462 cm³/mol. The number of hydrogen-bond donors (Lipinski definition) is 11. The minimum absolute atomic E-state index is 0. The molecule has 0 unspecified atom stereocenters. The summed E-state index contributed by atoms with van der Waals surface area (Å²) in [4.78, 5) is 107. The number of aromatic carboxylic acids is 1. The Bertz CT molecular complexity index is 6630. The van der Waals surface area contributed by atoms with Gasteiger partial charge in [-0.3, -0.25) is 60.2 Å². The number of alkyl halides is 3. The van der Waals surface area contributed by atoms with Crippen LogP contribution in [-0.2, 0) is 4.79 Å². The van der Waals surface area contributed by atoms with Crippen molar-refractivity contribution in [2.45, 2.75) is 41.3 Å². The highest BCUT2D eigenvalue weighted by atomic mass is 79.9. The summed E-state index contributed by atoms with van der Waals surface area (Å²) in [6.45, 7) is 7.27. The number of aryl methyl sites for hydroxylation is 2. The average Bonchev–Trinajstić information content (AvgIpc) is 1.52. The minimum atomic E-state index is -5.12. The fraction of sp³-hybridized carbons (Fsp3) is 0.0706. The molecule has 0 aliphatic carbocycles. The lowest BCUT2D eigenvalue weighted by atomic mass is 10.1. The van der Waals surface area contributed by atoms with Gasteiger partial charge in [-0.25, -0.2) is 34.7 Å². The quantitative estimate of drug-likeness (QED) is 0.0325. The molecule has 11 heterocycles. The maximum Gasteiger partial charge on any atom is 0.471 e. The number of carboxylic acids is 1. The molecule has 0 saturated heterocycles. The van der Waals surface area contributed by atoms with Crippen LogP contribution in [0.1, 0.15) is 73.2 Å². The molecule has 11 aromatic heterocycles. The van der Waals surface area contributed by atoms with Gasteiger partial charge in [0.2, 0.25) is 0 Å². The first-order valence-corrected chi connectivity index (χ1v) is 36.4. The summed E-state index contributed by atoms with van der Waals surface area (Å²) in [5.41, 5.74) is 31.1. The van der Waals surface area contributed by atoms with E-state index in [4.69, 9.17) is 22.3 Å². The molecule has 0 saturated carbocycles. The molecule has 0 aliphatic rings. The summed E-state index contributed by atoms with van der Waals surface area (Å²) >= 11 is 3.02. The number of nitrogens with zero attached hydrogens (tertiary/aromatic N) is 12. The van der Waals surface area contributed by atoms with Crippen LogP contribution in [0.2, 0.25) is 0 Å². The van der Waals surface area contributed by atoms with Gasteiger partial charge < -0.3 is 47.9 Å². The first-order chi connectivity index (χ1) is 58.3. The molecule has 0 radical (unpaired) electrons. The summed E-state index contributed by atoms with van der Waals surface area (Å²) in [6, 6.07) is 62.5. The maximum absolute atomic E-state index is 12.4. The second kappa shape index (κ2) is 41.6. The Labute approximate surface area is 703 Å². The number of nitrogens with two attached hydrogens (primary N) is 3. The van der Waals surface area contributed by atoms with Gasteiger partial charge in [0.15, 0.2) is 11.4 Å². The minimum Gasteiger partial charge on any atom is -0.476 e. The van der Waals surface area contributed by atoms with Crippen molar-refractivity contribution in [1.29, 1.82) is 0 Å². The van der Waals surface area contributed by atoms with E-state index >= 15 is 0 Å². The molecule has 16 aromatic rings. The number of H-pyrrole nitrogens is 5. The molecular formula is C85H70BrF3N22O12. The summed E-state index contributed by atoms with van der Waals surface area (Å²) in [5, 5.41) is 70.9. The van der Waals surface area contributed by atoms with E-state index in [1.807, 2.05) is 147 Å². The van der Waals surface area contributed by atoms with Crippen LogP contribution in [-0.4, -0.2) is 114 Å². The van der Waals surface area contributed by atoms with Crippen molar-refractivity contribution in [1.82, 2.24) is 65.3 Å². The Kier molecular flexibility index (Phi) is 30.4. The number of carbonyl (C=O) groups is 3. The van der Waals surface area contributed by atoms with Crippen molar-refractivity contribution in [3.63, 3.8) is 0 Å². The van der Waals surface area contributed by atoms with Gasteiger partial charge in [0.05, 0.1) is 59.1 Å². The number of nitrogen functional groups attached to an aromatic ring is 3. The number of benzene rings is 5. The summed E-state index contributed by atoms with van der Waals surface area (Å²) in [5.74, 6) is 7.22. The standard InChI is InChI=1S/C19H17N5O.C15H8F3N3O3.2C13H9N3O2.C13H11N3.C6H8N2O2.C5H4BrN3O2.CH4/c1-11-12(2)23-24-17(11)19(25)21-15-8-14-9-16(22-18(14)20-10-15)13-6-4-3-5-7-13;16-15(17,18)14(22)20-13-11(8-12(9-19-13)21(23)24)7-6-10-4-2-1-3-5-10;17-16(18)11-6-10-7-12(15-13(10)14-8-11)9-4-2-1-3-5-9;14-13-11(8-12(9-15-13)16(17)18)7-6-10-4-2-1-3-5-10;14-11-6-10-7-12(16-13(10)15-8-11)9-4-2-1-3-5-9;1-3-4(2)7-8-5(3)6(9)10;6-4-1-3(9(10)11)2-8-5(4)7;/h3-10H,1-2H3,(H,20,22)(H,21,25)(H,23,24);1-5,8-9H,(H,19,20,22);1-8H,(H,14,15);1-5,8-9H,(H2,14,15);1-8H,14H2,(H,15,16);1-2H3,(H,7,8)(H,9,10);1-2H,(H2,7,8);1H4. The third kappa shape index (κ3) is 24.9. The van der Waals surface area contributed by atoms with Gasteiger partial charge >= 0.3 is 18.1 Å². The number of rotatable bonds is 11. The lowest BCUT2D eigenvalue weighted by Gasteiger charge is -2.08. The predicted octanol–water partition coefficient (Wildman–Crippen LogP) is 17.3. The number of aromatic nitrogens is 13. The van der Waals surface area contributed by atoms with Gasteiger partial charge in [-0.2, -0.15) is 23.4 Å². The first-order valence-electron chi connectivity index (χ1n) is 35.6. The Hall–Kier alpha value is -17.2. The Morgan fingerprint density at radius 1 is 0.447 bits per heavy atom. The zero-order chi connectivity index (χ0) is 87.7. The summed E-state index contributed by atoms with van der Waals surface area (Å²) < 4.78 is 37.5. The Balaban J connectivity index is 0.000000166. The third-order valence-electron chi connectivity index (χ3n) is 17.0. The van der Waals surface area contributed by atoms with E-state index in [1.165, 1.54) is 24.4 Å². The molecule has 0 spiro atoms. The molecule has 0 aliphatic heterocycles. The van der Waals surface area contributed by atoms with E-state index in [0.717, 1.165) is 108 Å². The van der Waals surface area contributed by atoms with Gasteiger partial charge in [-0.15, -0.1) is 0 Å². The highest BCUT2D eigenvalue weighted by molar-refractivity contribution is 9.10. The number of anilines is 5. The fourth-order valence-corrected chi connectivity index (χ4v) is 10.9. The highest BCUT2D eigenvalue weighted by Gasteiger charge is 2.39. The number of nitro groups is 4. The molecule has 14 N–H and O–H groups in total. The topological polar surface area (TPSA) is 528 Å². The molecule has 38 heteroatoms. The maximum atomic E-state index is 12.4. The van der Waals surface area contributed by atoms with E-state index < -0.39 is 49.3 Å². The Morgan fingerprint density at radius 3 is 1.24 bits per heavy atom. The molecule has 16 rings (SSSR count). The van der Waals surface area contributed by atoms with Gasteiger partial charge in [-0.1, -0.05) is 159 Å². The van der Waals surface area contributed by atoms with Gasteiger partial charge in [-0.05, 0) is 115 Å². The number of halogens is 4. The van der Waals surface area contributed by atoms with E-state index in [2.05, 4.69) is 128 Å². The van der Waals surface area contributed by atoms with Crippen LogP contribution in [0.3, 0.4) is 0 Å². The van der Waals surface area contributed by atoms with Gasteiger partial charge in [0.25, 0.3) is 28.7 Å². The average molecular weight is 1730 g/mol. The van der Waals surface area contributed by atoms with Crippen LogP contribution >= 0.6 is 15.9 Å². The van der Waals surface area contributed by atoms with Crippen molar-refractivity contribution in [3.8, 4) is 57.5 Å². The largest absolute Gasteiger partial charge is 0.476 e. The number of amides is 2. The van der Waals surface area contributed by atoms with Crippen LogP contribution in [0.5, 0.6) is 0 Å². The molecule has 2 amide bonds. The number of hydrogen-bond acceptors (Lipinski definition) is 22. The number of aromatic amines is 5. The van der Waals surface area contributed by atoms with Crippen LogP contribution < -0.4 is 27.8 Å². The molecule has 620 valence electrons. The molecule has 123 heavy (non-hydrogen) atoms.